The number of hydrogen-bond acceptors (Lipinski definition) is 2. The van der Waals surface area contributed by atoms with Crippen LogP contribution < -0.4 is 0 Å². The number of benzene rings is 1. The molecule has 0 aliphatic carbocycles. The summed E-state index contributed by atoms with van der Waals surface area (Å²) in [6.07, 6.45) is 3.07. The molecule has 1 heterocycles. The first-order valence-corrected chi connectivity index (χ1v) is 9.60. The molecule has 1 fully saturated rings. The van der Waals surface area contributed by atoms with Gasteiger partial charge in [-0.2, -0.15) is 4.31 Å². The molecule has 0 bridgehead atoms. The number of rotatable bonds is 4. The van der Waals surface area contributed by atoms with Crippen molar-refractivity contribution in [3.63, 3.8) is 0 Å². The number of nitrogens with zero attached hydrogens (tertiary/aromatic N) is 1. The highest BCUT2D eigenvalue weighted by atomic mass is 79.9. The van der Waals surface area contributed by atoms with E-state index in [-0.39, 0.29) is 0 Å². The van der Waals surface area contributed by atoms with Gasteiger partial charge in [-0.3, -0.25) is 0 Å². The lowest BCUT2D eigenvalue weighted by Crippen LogP contribution is -2.39. The first-order chi connectivity index (χ1) is 9.48. The molecule has 0 N–H and O–H groups in total. The van der Waals surface area contributed by atoms with Crippen molar-refractivity contribution in [2.24, 2.45) is 5.92 Å². The van der Waals surface area contributed by atoms with Gasteiger partial charge in [-0.25, -0.2) is 8.42 Å². The standard InChI is InChI=1S/C14H19BrClNO2S/c1-2-11-4-3-7-17(10-11)20(18,19)14-8-12(9-16)5-6-13(14)15/h5-6,8,11H,2-4,7,9-10H2,1H3. The van der Waals surface area contributed by atoms with Gasteiger partial charge in [-0.15, -0.1) is 11.6 Å². The summed E-state index contributed by atoms with van der Waals surface area (Å²) in [5.74, 6) is 0.779. The molecule has 0 saturated carbocycles. The Morgan fingerprint density at radius 1 is 1.45 bits per heavy atom. The number of hydrogen-bond donors (Lipinski definition) is 0. The SMILES string of the molecule is CCC1CCCN(S(=O)(=O)c2cc(CCl)ccc2Br)C1. The Bertz CT molecular complexity index is 577. The topological polar surface area (TPSA) is 37.4 Å². The van der Waals surface area contributed by atoms with Gasteiger partial charge in [0.2, 0.25) is 10.0 Å². The van der Waals surface area contributed by atoms with Gasteiger partial charge in [0.25, 0.3) is 0 Å². The van der Waals surface area contributed by atoms with Crippen LogP contribution in [0.25, 0.3) is 0 Å². The maximum Gasteiger partial charge on any atom is 0.244 e. The summed E-state index contributed by atoms with van der Waals surface area (Å²) in [5, 5.41) is 0. The second-order valence-electron chi connectivity index (χ2n) is 5.18. The lowest BCUT2D eigenvalue weighted by Gasteiger charge is -2.31. The molecule has 0 radical (unpaired) electrons. The zero-order valence-electron chi connectivity index (χ0n) is 11.5. The second-order valence-corrected chi connectivity index (χ2v) is 8.21. The Balaban J connectivity index is 2.34. The van der Waals surface area contributed by atoms with Crippen molar-refractivity contribution in [3.8, 4) is 0 Å². The maximum atomic E-state index is 12.8. The van der Waals surface area contributed by atoms with E-state index in [1.807, 2.05) is 6.07 Å². The fraction of sp³-hybridized carbons (Fsp3) is 0.571. The first kappa shape index (κ1) is 16.3. The summed E-state index contributed by atoms with van der Waals surface area (Å²) in [5.41, 5.74) is 0.817. The average Bonchev–Trinajstić information content (AvgIpc) is 2.47. The Morgan fingerprint density at radius 3 is 2.85 bits per heavy atom. The minimum Gasteiger partial charge on any atom is -0.207 e. The van der Waals surface area contributed by atoms with Crippen LogP contribution in [0.3, 0.4) is 0 Å². The number of sulfonamides is 1. The summed E-state index contributed by atoms with van der Waals surface area (Å²) in [6, 6.07) is 5.26. The van der Waals surface area contributed by atoms with Gasteiger partial charge in [0, 0.05) is 23.4 Å². The molecule has 112 valence electrons. The number of alkyl halides is 1. The van der Waals surface area contributed by atoms with Crippen LogP contribution in [0.2, 0.25) is 0 Å². The molecular weight excluding hydrogens is 362 g/mol. The second kappa shape index (κ2) is 6.77. The van der Waals surface area contributed by atoms with Crippen LogP contribution in [0.5, 0.6) is 0 Å². The van der Waals surface area contributed by atoms with Crippen LogP contribution in [-0.4, -0.2) is 25.8 Å². The third kappa shape index (κ3) is 3.38. The molecule has 3 nitrogen and oxygen atoms in total. The summed E-state index contributed by atoms with van der Waals surface area (Å²) < 4.78 is 27.8. The zero-order valence-corrected chi connectivity index (χ0v) is 14.6. The van der Waals surface area contributed by atoms with E-state index in [9.17, 15) is 8.42 Å². The zero-order chi connectivity index (χ0) is 14.8. The molecule has 1 aromatic rings. The van der Waals surface area contributed by atoms with Crippen molar-refractivity contribution in [2.45, 2.75) is 37.0 Å². The van der Waals surface area contributed by atoms with E-state index in [0.717, 1.165) is 24.8 Å². The van der Waals surface area contributed by atoms with E-state index in [1.54, 1.807) is 16.4 Å². The minimum atomic E-state index is -3.44. The fourth-order valence-electron chi connectivity index (χ4n) is 2.55. The van der Waals surface area contributed by atoms with Gasteiger partial charge in [0.1, 0.15) is 0 Å². The van der Waals surface area contributed by atoms with Gasteiger partial charge in [0.15, 0.2) is 0 Å². The Morgan fingerprint density at radius 2 is 2.20 bits per heavy atom. The summed E-state index contributed by atoms with van der Waals surface area (Å²) >= 11 is 9.15. The van der Waals surface area contributed by atoms with Gasteiger partial charge in [-0.05, 0) is 52.4 Å². The van der Waals surface area contributed by atoms with E-state index < -0.39 is 10.0 Å². The smallest absolute Gasteiger partial charge is 0.207 e. The Kier molecular flexibility index (Phi) is 5.51. The van der Waals surface area contributed by atoms with E-state index in [1.165, 1.54) is 0 Å². The van der Waals surface area contributed by atoms with Crippen molar-refractivity contribution in [3.05, 3.63) is 28.2 Å². The van der Waals surface area contributed by atoms with Crippen LogP contribution in [0.15, 0.2) is 27.6 Å². The van der Waals surface area contributed by atoms with Crippen molar-refractivity contribution >= 4 is 37.6 Å². The quantitative estimate of drug-likeness (QED) is 0.740. The molecule has 1 atom stereocenters. The van der Waals surface area contributed by atoms with Crippen LogP contribution in [0, 0.1) is 5.92 Å². The molecule has 1 aromatic carbocycles. The van der Waals surface area contributed by atoms with Crippen molar-refractivity contribution in [1.82, 2.24) is 4.31 Å². The maximum absolute atomic E-state index is 12.8. The third-order valence-corrected chi connectivity index (χ3v) is 6.99. The lowest BCUT2D eigenvalue weighted by molar-refractivity contribution is 0.261. The molecule has 20 heavy (non-hydrogen) atoms. The third-order valence-electron chi connectivity index (χ3n) is 3.83. The average molecular weight is 381 g/mol. The largest absolute Gasteiger partial charge is 0.244 e. The molecule has 1 saturated heterocycles. The fourth-order valence-corrected chi connectivity index (χ4v) is 5.24. The highest BCUT2D eigenvalue weighted by Crippen LogP contribution is 2.30. The number of halogens is 2. The van der Waals surface area contributed by atoms with Crippen LogP contribution >= 0.6 is 27.5 Å². The predicted octanol–water partition coefficient (Wildman–Crippen LogP) is 4.00. The Hall–Kier alpha value is -0.100. The molecule has 0 spiro atoms. The van der Waals surface area contributed by atoms with Gasteiger partial charge >= 0.3 is 0 Å². The van der Waals surface area contributed by atoms with Crippen molar-refractivity contribution in [1.29, 1.82) is 0 Å². The molecule has 0 aromatic heterocycles. The van der Waals surface area contributed by atoms with Gasteiger partial charge in [-0.1, -0.05) is 19.4 Å². The van der Waals surface area contributed by atoms with Crippen LogP contribution in [-0.2, 0) is 15.9 Å². The summed E-state index contributed by atoms with van der Waals surface area (Å²) in [7, 11) is -3.44. The highest BCUT2D eigenvalue weighted by Gasteiger charge is 2.31. The van der Waals surface area contributed by atoms with Crippen molar-refractivity contribution in [2.75, 3.05) is 13.1 Å². The van der Waals surface area contributed by atoms with E-state index >= 15 is 0 Å². The number of piperidine rings is 1. The molecule has 1 aliphatic heterocycles. The molecule has 6 heteroatoms. The Labute approximate surface area is 134 Å². The van der Waals surface area contributed by atoms with E-state index in [4.69, 9.17) is 11.6 Å². The highest BCUT2D eigenvalue weighted by molar-refractivity contribution is 9.10. The molecular formula is C14H19BrClNO2S. The minimum absolute atomic E-state index is 0.313. The predicted molar refractivity (Wildman–Crippen MR) is 85.5 cm³/mol. The van der Waals surface area contributed by atoms with Crippen molar-refractivity contribution < 1.29 is 8.42 Å². The normalized spacial score (nSPS) is 21.1. The summed E-state index contributed by atoms with van der Waals surface area (Å²) in [6.45, 7) is 3.34. The molecule has 1 unspecified atom stereocenters. The first-order valence-electron chi connectivity index (χ1n) is 6.83. The van der Waals surface area contributed by atoms with E-state index in [2.05, 4.69) is 22.9 Å². The van der Waals surface area contributed by atoms with Gasteiger partial charge < -0.3 is 0 Å². The van der Waals surface area contributed by atoms with Crippen LogP contribution in [0.1, 0.15) is 31.7 Å². The molecule has 1 aliphatic rings. The van der Waals surface area contributed by atoms with Gasteiger partial charge in [0.05, 0.1) is 4.90 Å². The lowest BCUT2D eigenvalue weighted by atomic mass is 9.97. The molecule has 0 amide bonds. The summed E-state index contributed by atoms with van der Waals surface area (Å²) in [4.78, 5) is 0.326. The molecule has 2 rings (SSSR count). The monoisotopic (exact) mass is 379 g/mol. The van der Waals surface area contributed by atoms with E-state index in [0.29, 0.717) is 34.3 Å². The van der Waals surface area contributed by atoms with Crippen LogP contribution in [0.4, 0.5) is 0 Å².